The maximum Gasteiger partial charge on any atom is 0.236 e. The lowest BCUT2D eigenvalue weighted by molar-refractivity contribution is -0.131. The molecule has 1 saturated heterocycles. The van der Waals surface area contributed by atoms with Gasteiger partial charge in [-0.25, -0.2) is 0 Å². The van der Waals surface area contributed by atoms with Crippen molar-refractivity contribution < 1.29 is 9.32 Å². The van der Waals surface area contributed by atoms with Gasteiger partial charge in [-0.15, -0.1) is 0 Å². The molecule has 1 aliphatic rings. The van der Waals surface area contributed by atoms with Crippen LogP contribution in [0.2, 0.25) is 0 Å². The molecule has 1 aromatic heterocycles. The number of likely N-dealkylation sites (N-methyl/N-ethyl adjacent to an activating group) is 1. The Morgan fingerprint density at radius 3 is 2.72 bits per heavy atom. The molecule has 0 aromatic carbocycles. The van der Waals surface area contributed by atoms with E-state index in [4.69, 9.17) is 4.52 Å². The molecule has 2 rings (SSSR count). The molecule has 1 N–H and O–H groups in total. The second-order valence-electron chi connectivity index (χ2n) is 4.62. The highest BCUT2D eigenvalue weighted by Gasteiger charge is 2.21. The normalized spacial score (nSPS) is 17.1. The number of hydrogen-bond acceptors (Lipinski definition) is 5. The number of aromatic nitrogens is 1. The number of carbonyl (C=O) groups is 1. The van der Waals surface area contributed by atoms with E-state index in [0.29, 0.717) is 6.54 Å². The van der Waals surface area contributed by atoms with Gasteiger partial charge in [0.05, 0.1) is 18.8 Å². The molecule has 0 atom stereocenters. The second kappa shape index (κ2) is 5.97. The second-order valence-corrected chi connectivity index (χ2v) is 4.62. The van der Waals surface area contributed by atoms with Gasteiger partial charge in [0.25, 0.3) is 0 Å². The van der Waals surface area contributed by atoms with Crippen LogP contribution in [0.4, 0.5) is 0 Å². The predicted molar refractivity (Wildman–Crippen MR) is 67.0 cm³/mol. The molecule has 0 radical (unpaired) electrons. The van der Waals surface area contributed by atoms with E-state index in [9.17, 15) is 4.79 Å². The smallest absolute Gasteiger partial charge is 0.236 e. The average Bonchev–Trinajstić information content (AvgIpc) is 2.76. The van der Waals surface area contributed by atoms with Crippen molar-refractivity contribution in [2.45, 2.75) is 13.5 Å². The quantitative estimate of drug-likeness (QED) is 0.807. The fraction of sp³-hybridized carbons (Fsp3) is 0.667. The summed E-state index contributed by atoms with van der Waals surface area (Å²) >= 11 is 0. The standard InChI is InChI=1S/C12H20N4O2/c1-10-7-11(18-14-10)9-15-3-5-16(6-4-15)12(17)8-13-2/h7,13H,3-6,8-9H2,1-2H3. The van der Waals surface area contributed by atoms with Crippen LogP contribution in [0.15, 0.2) is 10.6 Å². The molecular formula is C12H20N4O2. The molecule has 1 fully saturated rings. The summed E-state index contributed by atoms with van der Waals surface area (Å²) < 4.78 is 5.20. The Morgan fingerprint density at radius 2 is 2.17 bits per heavy atom. The van der Waals surface area contributed by atoms with Gasteiger partial charge < -0.3 is 14.7 Å². The zero-order valence-electron chi connectivity index (χ0n) is 11.0. The molecule has 1 amide bonds. The van der Waals surface area contributed by atoms with Crippen molar-refractivity contribution in [1.82, 2.24) is 20.3 Å². The minimum Gasteiger partial charge on any atom is -0.360 e. The minimum atomic E-state index is 0.174. The summed E-state index contributed by atoms with van der Waals surface area (Å²) in [5.41, 5.74) is 0.910. The zero-order chi connectivity index (χ0) is 13.0. The highest BCUT2D eigenvalue weighted by Crippen LogP contribution is 2.09. The molecule has 0 spiro atoms. The van der Waals surface area contributed by atoms with E-state index in [2.05, 4.69) is 15.4 Å². The molecule has 18 heavy (non-hydrogen) atoms. The van der Waals surface area contributed by atoms with Crippen molar-refractivity contribution in [3.05, 3.63) is 17.5 Å². The first-order chi connectivity index (χ1) is 8.69. The van der Waals surface area contributed by atoms with Gasteiger partial charge in [-0.1, -0.05) is 5.16 Å². The third-order valence-electron chi connectivity index (χ3n) is 3.11. The molecule has 1 aliphatic heterocycles. The third-order valence-corrected chi connectivity index (χ3v) is 3.11. The summed E-state index contributed by atoms with van der Waals surface area (Å²) in [7, 11) is 1.79. The van der Waals surface area contributed by atoms with Gasteiger partial charge in [0.1, 0.15) is 0 Å². The number of aryl methyl sites for hydroxylation is 1. The van der Waals surface area contributed by atoms with Crippen molar-refractivity contribution >= 4 is 5.91 Å². The molecule has 1 aromatic rings. The molecular weight excluding hydrogens is 232 g/mol. The molecule has 6 heteroatoms. The van der Waals surface area contributed by atoms with Crippen LogP contribution in [-0.4, -0.2) is 60.6 Å². The SMILES string of the molecule is CNCC(=O)N1CCN(Cc2cc(C)no2)CC1. The minimum absolute atomic E-state index is 0.174. The lowest BCUT2D eigenvalue weighted by Crippen LogP contribution is -2.50. The monoisotopic (exact) mass is 252 g/mol. The van der Waals surface area contributed by atoms with Gasteiger partial charge in [0.15, 0.2) is 5.76 Å². The van der Waals surface area contributed by atoms with E-state index in [1.54, 1.807) is 7.05 Å². The molecule has 100 valence electrons. The number of nitrogens with one attached hydrogen (secondary N) is 1. The van der Waals surface area contributed by atoms with E-state index in [0.717, 1.165) is 44.2 Å². The Labute approximate surface area is 107 Å². The van der Waals surface area contributed by atoms with E-state index in [1.165, 1.54) is 0 Å². The summed E-state index contributed by atoms with van der Waals surface area (Å²) in [6.45, 7) is 6.45. The van der Waals surface area contributed by atoms with Gasteiger partial charge >= 0.3 is 0 Å². The van der Waals surface area contributed by atoms with E-state index < -0.39 is 0 Å². The maximum absolute atomic E-state index is 11.7. The summed E-state index contributed by atoms with van der Waals surface area (Å²) in [5.74, 6) is 1.06. The molecule has 0 bridgehead atoms. The van der Waals surface area contributed by atoms with Gasteiger partial charge in [-0.2, -0.15) is 0 Å². The Kier molecular flexibility index (Phi) is 4.33. The first-order valence-electron chi connectivity index (χ1n) is 6.26. The fourth-order valence-electron chi connectivity index (χ4n) is 2.13. The number of rotatable bonds is 4. The number of amides is 1. The van der Waals surface area contributed by atoms with E-state index in [1.807, 2.05) is 17.9 Å². The van der Waals surface area contributed by atoms with Crippen LogP contribution >= 0.6 is 0 Å². The van der Waals surface area contributed by atoms with Crippen molar-refractivity contribution in [1.29, 1.82) is 0 Å². The third kappa shape index (κ3) is 3.30. The summed E-state index contributed by atoms with van der Waals surface area (Å²) in [5, 5.41) is 6.77. The molecule has 0 saturated carbocycles. The van der Waals surface area contributed by atoms with Crippen molar-refractivity contribution in [3.63, 3.8) is 0 Å². The van der Waals surface area contributed by atoms with Crippen LogP contribution in [0, 0.1) is 6.92 Å². The largest absolute Gasteiger partial charge is 0.360 e. The summed E-state index contributed by atoms with van der Waals surface area (Å²) in [6, 6.07) is 1.96. The zero-order valence-corrected chi connectivity index (χ0v) is 11.0. The maximum atomic E-state index is 11.7. The van der Waals surface area contributed by atoms with Crippen LogP contribution < -0.4 is 5.32 Å². The van der Waals surface area contributed by atoms with E-state index >= 15 is 0 Å². The van der Waals surface area contributed by atoms with E-state index in [-0.39, 0.29) is 5.91 Å². The highest BCUT2D eigenvalue weighted by molar-refractivity contribution is 5.78. The first-order valence-corrected chi connectivity index (χ1v) is 6.26. The van der Waals surface area contributed by atoms with Crippen LogP contribution in [0.25, 0.3) is 0 Å². The Morgan fingerprint density at radius 1 is 1.44 bits per heavy atom. The Hall–Kier alpha value is -1.40. The Balaban J connectivity index is 1.78. The highest BCUT2D eigenvalue weighted by atomic mass is 16.5. The van der Waals surface area contributed by atoms with Gasteiger partial charge in [0, 0.05) is 32.2 Å². The molecule has 0 unspecified atom stereocenters. The predicted octanol–water partition coefficient (Wildman–Crippen LogP) is -0.153. The van der Waals surface area contributed by atoms with Crippen molar-refractivity contribution in [3.8, 4) is 0 Å². The average molecular weight is 252 g/mol. The molecule has 0 aliphatic carbocycles. The fourth-order valence-corrected chi connectivity index (χ4v) is 2.13. The van der Waals surface area contributed by atoms with Gasteiger partial charge in [-0.05, 0) is 14.0 Å². The topological polar surface area (TPSA) is 61.6 Å². The van der Waals surface area contributed by atoms with Crippen LogP contribution in [-0.2, 0) is 11.3 Å². The van der Waals surface area contributed by atoms with Crippen LogP contribution in [0.3, 0.4) is 0 Å². The molecule has 2 heterocycles. The lowest BCUT2D eigenvalue weighted by atomic mass is 10.3. The van der Waals surface area contributed by atoms with Crippen LogP contribution in [0.5, 0.6) is 0 Å². The molecule has 6 nitrogen and oxygen atoms in total. The van der Waals surface area contributed by atoms with Crippen molar-refractivity contribution in [2.75, 3.05) is 39.8 Å². The number of piperazine rings is 1. The number of nitrogens with zero attached hydrogens (tertiary/aromatic N) is 3. The summed E-state index contributed by atoms with van der Waals surface area (Å²) in [4.78, 5) is 15.9. The Bertz CT molecular complexity index is 397. The van der Waals surface area contributed by atoms with Gasteiger partial charge in [0.2, 0.25) is 5.91 Å². The number of hydrogen-bond donors (Lipinski definition) is 1. The van der Waals surface area contributed by atoms with Gasteiger partial charge in [-0.3, -0.25) is 9.69 Å². The number of carbonyl (C=O) groups excluding carboxylic acids is 1. The van der Waals surface area contributed by atoms with Crippen molar-refractivity contribution in [2.24, 2.45) is 0 Å². The van der Waals surface area contributed by atoms with Crippen LogP contribution in [0.1, 0.15) is 11.5 Å². The lowest BCUT2D eigenvalue weighted by Gasteiger charge is -2.34. The first kappa shape index (κ1) is 13.0. The summed E-state index contributed by atoms with van der Waals surface area (Å²) in [6.07, 6.45) is 0.